The number of benzene rings is 2. The lowest BCUT2D eigenvalue weighted by Crippen LogP contribution is -2.36. The van der Waals surface area contributed by atoms with Gasteiger partial charge in [-0.25, -0.2) is 4.79 Å². The Balaban J connectivity index is 1.80. The summed E-state index contributed by atoms with van der Waals surface area (Å²) >= 11 is 0. The first-order valence-electron chi connectivity index (χ1n) is 12.3. The number of anilines is 2. The van der Waals surface area contributed by atoms with Crippen molar-refractivity contribution in [2.45, 2.75) is 32.0 Å². The van der Waals surface area contributed by atoms with Gasteiger partial charge in [0.1, 0.15) is 17.2 Å². The van der Waals surface area contributed by atoms with E-state index in [0.717, 1.165) is 17.0 Å². The molecule has 13 heteroatoms. The van der Waals surface area contributed by atoms with Crippen molar-refractivity contribution in [1.29, 1.82) is 0 Å². The number of β-amino-alcohol motifs (C(OH)–C–C–N with tert-alkyl or cyclic N) is 1. The van der Waals surface area contributed by atoms with E-state index in [1.807, 2.05) is 0 Å². The van der Waals surface area contributed by atoms with Gasteiger partial charge in [0.2, 0.25) is 0 Å². The van der Waals surface area contributed by atoms with Gasteiger partial charge in [-0.2, -0.15) is 23.0 Å². The van der Waals surface area contributed by atoms with Crippen molar-refractivity contribution in [1.82, 2.24) is 9.78 Å². The molecule has 1 unspecified atom stereocenters. The number of amides is 1. The van der Waals surface area contributed by atoms with Crippen LogP contribution in [0.15, 0.2) is 41.2 Å². The van der Waals surface area contributed by atoms with Gasteiger partial charge in [-0.05, 0) is 50.1 Å². The molecule has 2 aliphatic heterocycles. The maximum Gasteiger partial charge on any atom is 0.418 e. The van der Waals surface area contributed by atoms with E-state index >= 15 is 0 Å². The van der Waals surface area contributed by atoms with Crippen molar-refractivity contribution in [3.05, 3.63) is 57.9 Å². The maximum absolute atomic E-state index is 14.2. The molecule has 1 saturated heterocycles. The number of halogens is 3. The van der Waals surface area contributed by atoms with Gasteiger partial charge in [-0.3, -0.25) is 9.69 Å². The highest BCUT2D eigenvalue weighted by Crippen LogP contribution is 2.39. The van der Waals surface area contributed by atoms with Crippen LogP contribution in [0, 0.1) is 0 Å². The highest BCUT2D eigenvalue weighted by atomic mass is 19.4. The lowest BCUT2D eigenvalue weighted by Gasteiger charge is -2.23. The molecule has 0 saturated carbocycles. The molecule has 206 valence electrons. The Morgan fingerprint density at radius 2 is 1.85 bits per heavy atom. The van der Waals surface area contributed by atoms with Crippen LogP contribution in [-0.2, 0) is 17.3 Å². The Morgan fingerprint density at radius 3 is 2.46 bits per heavy atom. The summed E-state index contributed by atoms with van der Waals surface area (Å²) in [5, 5.41) is 34.4. The van der Waals surface area contributed by atoms with Crippen LogP contribution in [0.1, 0.15) is 24.5 Å². The molecule has 39 heavy (non-hydrogen) atoms. The number of hydrogen-bond acceptors (Lipinski definition) is 8. The normalized spacial score (nSPS) is 17.0. The lowest BCUT2D eigenvalue weighted by atomic mass is 10.0. The fourth-order valence-corrected chi connectivity index (χ4v) is 5.02. The number of ether oxygens (including phenoxy) is 1. The van der Waals surface area contributed by atoms with E-state index in [4.69, 9.17) is 4.74 Å². The molecular weight excluding hydrogens is 521 g/mol. The summed E-state index contributed by atoms with van der Waals surface area (Å²) in [6.07, 6.45) is -5.76. The number of phenols is 2. The predicted octanol–water partition coefficient (Wildman–Crippen LogP) is 3.42. The molecule has 2 aromatic carbocycles. The van der Waals surface area contributed by atoms with E-state index in [-0.39, 0.29) is 60.1 Å². The average molecular weight is 547 g/mol. The number of alkyl halides is 3. The number of aliphatic hydroxyl groups excluding tert-OH is 1. The molecule has 10 nitrogen and oxygen atoms in total. The minimum atomic E-state index is -4.86. The lowest BCUT2D eigenvalue weighted by molar-refractivity contribution is -0.137. The van der Waals surface area contributed by atoms with Crippen molar-refractivity contribution in [2.75, 3.05) is 36.0 Å². The van der Waals surface area contributed by atoms with Gasteiger partial charge >= 0.3 is 12.3 Å². The van der Waals surface area contributed by atoms with E-state index in [0.29, 0.717) is 23.3 Å². The molecule has 0 spiro atoms. The summed E-state index contributed by atoms with van der Waals surface area (Å²) in [4.78, 5) is 29.2. The van der Waals surface area contributed by atoms with Crippen molar-refractivity contribution in [2.24, 2.45) is 0 Å². The van der Waals surface area contributed by atoms with E-state index in [2.05, 4.69) is 5.10 Å². The quantitative estimate of drug-likeness (QED) is 0.454. The van der Waals surface area contributed by atoms with Gasteiger partial charge in [0.15, 0.2) is 0 Å². The monoisotopic (exact) mass is 546 g/mol. The number of aliphatic hydroxyl groups is 1. The molecule has 2 aliphatic rings. The average Bonchev–Trinajstić information content (AvgIpc) is 3.50. The minimum absolute atomic E-state index is 0.0118. The molecule has 0 aliphatic carbocycles. The first kappa shape index (κ1) is 26.4. The van der Waals surface area contributed by atoms with Crippen LogP contribution in [0.3, 0.4) is 0 Å². The summed E-state index contributed by atoms with van der Waals surface area (Å²) in [6.45, 7) is 2.23. The van der Waals surface area contributed by atoms with Gasteiger partial charge in [-0.1, -0.05) is 0 Å². The molecule has 1 fully saturated rings. The van der Waals surface area contributed by atoms with Crippen LogP contribution >= 0.6 is 0 Å². The van der Waals surface area contributed by atoms with Crippen LogP contribution in [0.25, 0.3) is 16.9 Å². The number of rotatable bonds is 4. The van der Waals surface area contributed by atoms with Gasteiger partial charge in [0, 0.05) is 42.5 Å². The van der Waals surface area contributed by atoms with Crippen molar-refractivity contribution < 1.29 is 38.0 Å². The van der Waals surface area contributed by atoms with Crippen LogP contribution in [-0.4, -0.2) is 63.5 Å². The van der Waals surface area contributed by atoms with Gasteiger partial charge < -0.3 is 25.0 Å². The minimum Gasteiger partial charge on any atom is -0.508 e. The fraction of sp³-hybridized carbons (Fsp3) is 0.346. The Bertz CT molecular complexity index is 1490. The number of hydrogen-bond donors (Lipinski definition) is 3. The molecule has 1 amide bonds. The first-order valence-corrected chi connectivity index (χ1v) is 12.3. The second kappa shape index (κ2) is 9.80. The first-order chi connectivity index (χ1) is 18.5. The van der Waals surface area contributed by atoms with E-state index in [1.165, 1.54) is 24.3 Å². The Morgan fingerprint density at radius 1 is 1.13 bits per heavy atom. The number of carbonyl (C=O) groups excluding carboxylic acids is 1. The maximum atomic E-state index is 14.2. The molecule has 0 radical (unpaired) electrons. The molecule has 3 heterocycles. The highest BCUT2D eigenvalue weighted by molar-refractivity contribution is 5.92. The molecule has 1 aromatic heterocycles. The van der Waals surface area contributed by atoms with E-state index < -0.39 is 35.2 Å². The zero-order chi connectivity index (χ0) is 28.1. The predicted molar refractivity (Wildman–Crippen MR) is 135 cm³/mol. The molecule has 3 N–H and O–H groups in total. The topological polar surface area (TPSA) is 128 Å². The summed E-state index contributed by atoms with van der Waals surface area (Å²) in [7, 11) is 0. The second-order valence-electron chi connectivity index (χ2n) is 9.32. The van der Waals surface area contributed by atoms with Crippen molar-refractivity contribution in [3.8, 4) is 28.4 Å². The molecule has 3 aromatic rings. The SMILES string of the molecule is CCOC(=O)N1CCc2c(-c3cc(O)cc(O)c3)nn(-c3cc(N4CCC(O)C4)ccc3C(F)(F)F)c(=O)c21. The smallest absolute Gasteiger partial charge is 0.418 e. The third-order valence-corrected chi connectivity index (χ3v) is 6.73. The third-order valence-electron chi connectivity index (χ3n) is 6.73. The standard InChI is InChI=1S/C26H25F3N4O6/c1-2-39-25(38)32-8-6-19-22(14-9-17(35)12-18(36)10-14)30-33(24(37)23(19)32)21-11-15(31-7-5-16(34)13-31)3-4-20(21)26(27,28)29/h3-4,9-12,16,34-36H,2,5-8,13H2,1H3. The Labute approximate surface area is 220 Å². The molecule has 5 rings (SSSR count). The van der Waals surface area contributed by atoms with Gasteiger partial charge in [-0.15, -0.1) is 0 Å². The van der Waals surface area contributed by atoms with E-state index in [1.54, 1.807) is 11.8 Å². The summed E-state index contributed by atoms with van der Waals surface area (Å²) in [6, 6.07) is 6.85. The molecule has 0 bridgehead atoms. The van der Waals surface area contributed by atoms with Crippen LogP contribution in [0.2, 0.25) is 0 Å². The van der Waals surface area contributed by atoms with Crippen LogP contribution in [0.5, 0.6) is 11.5 Å². The Hall–Kier alpha value is -4.26. The van der Waals surface area contributed by atoms with E-state index in [9.17, 15) is 38.1 Å². The molecule has 1 atom stereocenters. The second-order valence-corrected chi connectivity index (χ2v) is 9.32. The number of aromatic hydroxyl groups is 2. The van der Waals surface area contributed by atoms with Gasteiger partial charge in [0.25, 0.3) is 5.56 Å². The summed E-state index contributed by atoms with van der Waals surface area (Å²) < 4.78 is 48.3. The zero-order valence-electron chi connectivity index (χ0n) is 20.8. The number of fused-ring (bicyclic) bond motifs is 1. The van der Waals surface area contributed by atoms with Crippen molar-refractivity contribution in [3.63, 3.8) is 0 Å². The van der Waals surface area contributed by atoms with Gasteiger partial charge in [0.05, 0.1) is 29.7 Å². The largest absolute Gasteiger partial charge is 0.508 e. The van der Waals surface area contributed by atoms with Crippen LogP contribution in [0.4, 0.5) is 29.3 Å². The van der Waals surface area contributed by atoms with Crippen LogP contribution < -0.4 is 15.4 Å². The third kappa shape index (κ3) is 4.85. The highest BCUT2D eigenvalue weighted by Gasteiger charge is 2.38. The summed E-state index contributed by atoms with van der Waals surface area (Å²) in [5.41, 5.74) is -2.11. The fourth-order valence-electron chi connectivity index (χ4n) is 5.02. The number of nitrogens with zero attached hydrogens (tertiary/aromatic N) is 4. The molecular formula is C26H25F3N4O6. The number of carbonyl (C=O) groups is 1. The zero-order valence-corrected chi connectivity index (χ0v) is 20.8. The number of aromatic nitrogens is 2. The summed E-state index contributed by atoms with van der Waals surface area (Å²) in [5.74, 6) is -0.659. The van der Waals surface area contributed by atoms with Crippen molar-refractivity contribution >= 4 is 17.5 Å². The Kier molecular flexibility index (Phi) is 6.62. The number of phenolic OH excluding ortho intramolecular Hbond substituents is 2.